The molecule has 33 heavy (non-hydrogen) atoms. The summed E-state index contributed by atoms with van der Waals surface area (Å²) >= 11 is 7.56. The van der Waals surface area contributed by atoms with Crippen molar-refractivity contribution in [3.8, 4) is 0 Å². The number of nitrogens with zero attached hydrogens (tertiary/aromatic N) is 5. The number of ether oxygens (including phenoxy) is 2. The van der Waals surface area contributed by atoms with Gasteiger partial charge in [0.15, 0.2) is 10.9 Å². The van der Waals surface area contributed by atoms with E-state index >= 15 is 0 Å². The molecule has 12 heteroatoms. The lowest BCUT2D eigenvalue weighted by atomic mass is 10.0. The smallest absolute Gasteiger partial charge is 0.317 e. The van der Waals surface area contributed by atoms with E-state index in [1.54, 1.807) is 6.07 Å². The van der Waals surface area contributed by atoms with Crippen molar-refractivity contribution >= 4 is 41.1 Å². The van der Waals surface area contributed by atoms with E-state index in [1.165, 1.54) is 11.8 Å². The number of anilines is 1. The molecule has 0 aromatic carbocycles. The lowest BCUT2D eigenvalue weighted by Crippen LogP contribution is -2.56. The molecule has 3 amide bonds. The first-order chi connectivity index (χ1) is 15.9. The third kappa shape index (κ3) is 5.82. The molecule has 0 radical (unpaired) electrons. The molecular weight excluding hydrogens is 468 g/mol. The molecule has 10 nitrogen and oxygen atoms in total. The zero-order valence-electron chi connectivity index (χ0n) is 19.1. The van der Waals surface area contributed by atoms with Crippen LogP contribution < -0.4 is 10.2 Å². The first kappa shape index (κ1) is 24.3. The van der Waals surface area contributed by atoms with E-state index in [1.807, 2.05) is 23.6 Å². The van der Waals surface area contributed by atoms with Gasteiger partial charge in [0.25, 0.3) is 0 Å². The van der Waals surface area contributed by atoms with Gasteiger partial charge < -0.3 is 29.5 Å². The van der Waals surface area contributed by atoms with E-state index in [-0.39, 0.29) is 23.7 Å². The van der Waals surface area contributed by atoms with E-state index in [2.05, 4.69) is 20.2 Å². The Labute approximate surface area is 203 Å². The Morgan fingerprint density at radius 2 is 1.94 bits per heavy atom. The highest BCUT2D eigenvalue weighted by molar-refractivity contribution is 7.99. The number of hydrogen-bond acceptors (Lipinski definition) is 8. The van der Waals surface area contributed by atoms with Gasteiger partial charge in [-0.05, 0) is 13.8 Å². The van der Waals surface area contributed by atoms with Gasteiger partial charge in [-0.1, -0.05) is 23.4 Å². The number of halogens is 1. The molecule has 0 aliphatic carbocycles. The third-order valence-corrected chi connectivity index (χ3v) is 7.24. The second-order valence-corrected chi connectivity index (χ2v) is 9.76. The summed E-state index contributed by atoms with van der Waals surface area (Å²) in [7, 11) is 0. The molecular formula is C21H31ClN6O4S. The fourth-order valence-electron chi connectivity index (χ4n) is 4.43. The molecule has 3 aliphatic heterocycles. The van der Waals surface area contributed by atoms with Crippen molar-refractivity contribution in [2.45, 2.75) is 43.7 Å². The predicted molar refractivity (Wildman–Crippen MR) is 126 cm³/mol. The number of likely N-dealkylation sites (tertiary alicyclic amines) is 1. The second kappa shape index (κ2) is 10.6. The van der Waals surface area contributed by atoms with E-state index in [4.69, 9.17) is 21.1 Å². The molecule has 0 unspecified atom stereocenters. The largest absolute Gasteiger partial charge is 0.353 e. The van der Waals surface area contributed by atoms with Gasteiger partial charge in [0.05, 0.1) is 19.0 Å². The molecule has 1 aromatic heterocycles. The summed E-state index contributed by atoms with van der Waals surface area (Å²) in [6.45, 7) is 8.91. The van der Waals surface area contributed by atoms with E-state index < -0.39 is 5.79 Å². The van der Waals surface area contributed by atoms with Gasteiger partial charge >= 0.3 is 6.03 Å². The third-order valence-electron chi connectivity index (χ3n) is 6.22. The normalized spacial score (nSPS) is 22.6. The summed E-state index contributed by atoms with van der Waals surface area (Å²) in [6.07, 6.45) is 1.39. The molecule has 1 atom stereocenters. The Hall–Kier alpha value is -1.82. The highest BCUT2D eigenvalue weighted by Gasteiger charge is 2.40. The number of urea groups is 1. The number of piperazine rings is 1. The predicted octanol–water partition coefficient (Wildman–Crippen LogP) is 1.83. The maximum Gasteiger partial charge on any atom is 0.317 e. The van der Waals surface area contributed by atoms with Crippen molar-refractivity contribution < 1.29 is 19.1 Å². The summed E-state index contributed by atoms with van der Waals surface area (Å²) in [5.74, 6) is 0.508. The molecule has 4 heterocycles. The molecule has 1 N–H and O–H groups in total. The summed E-state index contributed by atoms with van der Waals surface area (Å²) in [6, 6.07) is 1.72. The van der Waals surface area contributed by atoms with Crippen LogP contribution in [0.3, 0.4) is 0 Å². The minimum Gasteiger partial charge on any atom is -0.353 e. The maximum absolute atomic E-state index is 12.7. The lowest BCUT2D eigenvalue weighted by Gasteiger charge is -2.40. The van der Waals surface area contributed by atoms with Gasteiger partial charge in [-0.2, -0.15) is 0 Å². The molecule has 1 aromatic rings. The van der Waals surface area contributed by atoms with Crippen LogP contribution in [0, 0.1) is 0 Å². The minimum absolute atomic E-state index is 0.0342. The van der Waals surface area contributed by atoms with Crippen LogP contribution in [0.5, 0.6) is 0 Å². The lowest BCUT2D eigenvalue weighted by molar-refractivity contribution is -0.186. The molecule has 1 spiro atoms. The van der Waals surface area contributed by atoms with Gasteiger partial charge in [0, 0.05) is 64.2 Å². The van der Waals surface area contributed by atoms with Gasteiger partial charge in [-0.25, -0.2) is 14.8 Å². The van der Waals surface area contributed by atoms with Crippen LogP contribution in [0.4, 0.5) is 10.6 Å². The second-order valence-electron chi connectivity index (χ2n) is 8.43. The van der Waals surface area contributed by atoms with Crippen LogP contribution in [0.15, 0.2) is 11.2 Å². The van der Waals surface area contributed by atoms with Crippen LogP contribution in [0.2, 0.25) is 5.15 Å². The number of aromatic nitrogens is 2. The number of carbonyl (C=O) groups is 2. The summed E-state index contributed by atoms with van der Waals surface area (Å²) in [5.41, 5.74) is 0. The van der Waals surface area contributed by atoms with Gasteiger partial charge in [-0.3, -0.25) is 4.79 Å². The molecule has 3 aliphatic rings. The van der Waals surface area contributed by atoms with Gasteiger partial charge in [0.2, 0.25) is 5.91 Å². The Bertz CT molecular complexity index is 861. The minimum atomic E-state index is -0.493. The number of thioether (sulfide) groups is 1. The van der Waals surface area contributed by atoms with E-state index in [0.717, 1.165) is 0 Å². The molecule has 0 bridgehead atoms. The fourth-order valence-corrected chi connectivity index (χ4v) is 5.42. The number of piperidine rings is 1. The van der Waals surface area contributed by atoms with Crippen LogP contribution in [-0.4, -0.2) is 102 Å². The highest BCUT2D eigenvalue weighted by Crippen LogP contribution is 2.32. The summed E-state index contributed by atoms with van der Waals surface area (Å²) in [4.78, 5) is 39.6. The Morgan fingerprint density at radius 1 is 1.21 bits per heavy atom. The summed E-state index contributed by atoms with van der Waals surface area (Å²) < 4.78 is 11.5. The Morgan fingerprint density at radius 3 is 2.61 bits per heavy atom. The fraction of sp³-hybridized carbons (Fsp3) is 0.714. The number of hydrogen-bond donors (Lipinski definition) is 1. The monoisotopic (exact) mass is 498 g/mol. The van der Waals surface area contributed by atoms with Crippen molar-refractivity contribution in [1.29, 1.82) is 0 Å². The van der Waals surface area contributed by atoms with Crippen LogP contribution in [-0.2, 0) is 14.3 Å². The van der Waals surface area contributed by atoms with Crippen molar-refractivity contribution in [1.82, 2.24) is 25.1 Å². The van der Waals surface area contributed by atoms with Crippen LogP contribution in [0.25, 0.3) is 0 Å². The maximum atomic E-state index is 12.7. The quantitative estimate of drug-likeness (QED) is 0.373. The average Bonchev–Trinajstić information content (AvgIpc) is 3.25. The summed E-state index contributed by atoms with van der Waals surface area (Å²) in [5, 5.41) is 3.67. The zero-order valence-corrected chi connectivity index (χ0v) is 20.7. The first-order valence-corrected chi connectivity index (χ1v) is 12.8. The van der Waals surface area contributed by atoms with E-state index in [9.17, 15) is 9.59 Å². The number of carbonyl (C=O) groups excluding carboxylic acids is 2. The van der Waals surface area contributed by atoms with Gasteiger partial charge in [-0.15, -0.1) is 0 Å². The molecule has 3 saturated heterocycles. The SMILES string of the molecule is CCNC(=O)N1CCN(c2cc(Cl)nc(SCC(=O)N3CCC4(CC3)OCCO4)n2)C[C@H]1C. The van der Waals surface area contributed by atoms with E-state index in [0.29, 0.717) is 81.5 Å². The van der Waals surface area contributed by atoms with Crippen molar-refractivity contribution in [2.75, 3.05) is 63.1 Å². The molecule has 0 saturated carbocycles. The topological polar surface area (TPSA) is 100 Å². The molecule has 3 fully saturated rings. The van der Waals surface area contributed by atoms with Crippen LogP contribution in [0.1, 0.15) is 26.7 Å². The Balaban J connectivity index is 1.31. The molecule has 4 rings (SSSR count). The van der Waals surface area contributed by atoms with Crippen molar-refractivity contribution in [2.24, 2.45) is 0 Å². The highest BCUT2D eigenvalue weighted by atomic mass is 35.5. The van der Waals surface area contributed by atoms with Crippen molar-refractivity contribution in [3.05, 3.63) is 11.2 Å². The first-order valence-electron chi connectivity index (χ1n) is 11.4. The van der Waals surface area contributed by atoms with Gasteiger partial charge in [0.1, 0.15) is 11.0 Å². The van der Waals surface area contributed by atoms with Crippen molar-refractivity contribution in [3.63, 3.8) is 0 Å². The average molecular weight is 499 g/mol. The molecule has 182 valence electrons. The number of rotatable bonds is 5. The standard InChI is InChI=1S/C21H31ClN6O4S/c1-3-23-20(30)28-9-8-27(13-15(28)2)17-12-16(22)24-19(25-17)33-14-18(29)26-6-4-21(5-7-26)31-10-11-32-21/h12,15H,3-11,13-14H2,1-2H3,(H,23,30)/t15-/m1/s1. The zero-order chi connectivity index (χ0) is 23.4. The van der Waals surface area contributed by atoms with Crippen LogP contribution >= 0.6 is 23.4 Å². The number of nitrogens with one attached hydrogen (secondary N) is 1. The number of amides is 3. The Kier molecular flexibility index (Phi) is 7.83.